The Bertz CT molecular complexity index is 1310. The number of nitrogens with one attached hydrogen (secondary N) is 2. The molecular weight excluding hydrogens is 423 g/mol. The van der Waals surface area contributed by atoms with Crippen LogP contribution in [0.15, 0.2) is 77.7 Å². The van der Waals surface area contributed by atoms with E-state index in [9.17, 15) is 12.8 Å². The molecule has 0 saturated carbocycles. The number of sulfonamides is 1. The lowest BCUT2D eigenvalue weighted by atomic mass is 9.77. The van der Waals surface area contributed by atoms with E-state index in [-0.39, 0.29) is 28.6 Å². The number of halogens is 1. The molecule has 0 bridgehead atoms. The van der Waals surface area contributed by atoms with Crippen LogP contribution in [0.4, 0.5) is 15.8 Å². The Morgan fingerprint density at radius 3 is 2.47 bits per heavy atom. The summed E-state index contributed by atoms with van der Waals surface area (Å²) < 4.78 is 43.7. The number of hydrogen-bond acceptors (Lipinski definition) is 3. The molecule has 0 fully saturated rings. The maximum absolute atomic E-state index is 14.6. The van der Waals surface area contributed by atoms with Gasteiger partial charge in [0.2, 0.25) is 0 Å². The van der Waals surface area contributed by atoms with Gasteiger partial charge in [-0.1, -0.05) is 48.6 Å². The molecule has 3 aromatic rings. The van der Waals surface area contributed by atoms with Gasteiger partial charge < -0.3 is 5.32 Å². The fourth-order valence-corrected chi connectivity index (χ4v) is 6.18. The van der Waals surface area contributed by atoms with E-state index in [2.05, 4.69) is 22.2 Å². The maximum atomic E-state index is 14.6. The third-order valence-corrected chi connectivity index (χ3v) is 7.95. The number of hydrogen-bond donors (Lipinski definition) is 2. The Labute approximate surface area is 188 Å². The van der Waals surface area contributed by atoms with Gasteiger partial charge in [0.15, 0.2) is 0 Å². The van der Waals surface area contributed by atoms with Crippen molar-refractivity contribution in [1.82, 2.24) is 0 Å². The van der Waals surface area contributed by atoms with E-state index >= 15 is 0 Å². The number of allylic oxidation sites excluding steroid dienone is 2. The SMILES string of the molecule is Cc1cccc(C)c1NS(=O)(=O)c1ccc2c(c1)[C@H]1C=CC[C@H]1[C@@H](c1ccccc1F)N2. The lowest BCUT2D eigenvalue weighted by Gasteiger charge is -2.37. The van der Waals surface area contributed by atoms with Gasteiger partial charge in [-0.05, 0) is 67.1 Å². The predicted molar refractivity (Wildman–Crippen MR) is 126 cm³/mol. The van der Waals surface area contributed by atoms with Crippen LogP contribution in [0.1, 0.15) is 40.6 Å². The van der Waals surface area contributed by atoms with Crippen molar-refractivity contribution < 1.29 is 12.8 Å². The molecule has 0 radical (unpaired) electrons. The molecule has 0 spiro atoms. The minimum atomic E-state index is -3.75. The van der Waals surface area contributed by atoms with Gasteiger partial charge in [-0.3, -0.25) is 4.72 Å². The summed E-state index contributed by atoms with van der Waals surface area (Å²) in [4.78, 5) is 0.226. The molecule has 0 saturated heterocycles. The molecule has 3 aromatic carbocycles. The van der Waals surface area contributed by atoms with Crippen LogP contribution in [0.3, 0.4) is 0 Å². The number of benzene rings is 3. The smallest absolute Gasteiger partial charge is 0.261 e. The molecule has 0 aromatic heterocycles. The first-order chi connectivity index (χ1) is 15.3. The number of anilines is 2. The molecule has 0 amide bonds. The fraction of sp³-hybridized carbons (Fsp3) is 0.231. The quantitative estimate of drug-likeness (QED) is 0.476. The van der Waals surface area contributed by atoms with Gasteiger partial charge in [-0.2, -0.15) is 0 Å². The molecule has 1 heterocycles. The van der Waals surface area contributed by atoms with E-state index in [1.165, 1.54) is 6.07 Å². The van der Waals surface area contributed by atoms with Gasteiger partial charge in [-0.15, -0.1) is 0 Å². The summed E-state index contributed by atoms with van der Waals surface area (Å²) >= 11 is 0. The van der Waals surface area contributed by atoms with Crippen molar-refractivity contribution in [1.29, 1.82) is 0 Å². The predicted octanol–water partition coefficient (Wildman–Crippen LogP) is 6.07. The van der Waals surface area contributed by atoms with Crippen LogP contribution < -0.4 is 10.0 Å². The van der Waals surface area contributed by atoms with Crippen LogP contribution >= 0.6 is 0 Å². The zero-order valence-corrected chi connectivity index (χ0v) is 18.8. The van der Waals surface area contributed by atoms with Gasteiger partial charge in [0, 0.05) is 17.2 Å². The molecular formula is C26H25FN2O2S. The minimum Gasteiger partial charge on any atom is -0.378 e. The summed E-state index contributed by atoms with van der Waals surface area (Å²) in [6.07, 6.45) is 5.04. The first-order valence-electron chi connectivity index (χ1n) is 10.8. The fourth-order valence-electron chi connectivity index (χ4n) is 4.94. The molecule has 5 rings (SSSR count). The normalized spacial score (nSPS) is 21.5. The van der Waals surface area contributed by atoms with E-state index in [1.54, 1.807) is 24.3 Å². The number of para-hydroxylation sites is 1. The Morgan fingerprint density at radius 2 is 1.72 bits per heavy atom. The largest absolute Gasteiger partial charge is 0.378 e. The van der Waals surface area contributed by atoms with Crippen LogP contribution in [-0.2, 0) is 10.0 Å². The highest BCUT2D eigenvalue weighted by atomic mass is 32.2. The molecule has 4 nitrogen and oxygen atoms in total. The van der Waals surface area contributed by atoms with Crippen molar-refractivity contribution >= 4 is 21.4 Å². The van der Waals surface area contributed by atoms with E-state index < -0.39 is 10.0 Å². The van der Waals surface area contributed by atoms with Crippen LogP contribution in [-0.4, -0.2) is 8.42 Å². The summed E-state index contributed by atoms with van der Waals surface area (Å²) in [5.74, 6) is -0.0637. The highest BCUT2D eigenvalue weighted by Gasteiger charge is 2.39. The zero-order chi connectivity index (χ0) is 22.5. The second kappa shape index (κ2) is 7.78. The molecule has 0 unspecified atom stereocenters. The van der Waals surface area contributed by atoms with Crippen molar-refractivity contribution in [3.8, 4) is 0 Å². The first-order valence-corrected chi connectivity index (χ1v) is 12.2. The molecule has 32 heavy (non-hydrogen) atoms. The van der Waals surface area contributed by atoms with Crippen LogP contribution in [0.5, 0.6) is 0 Å². The minimum absolute atomic E-state index is 0.0335. The average molecular weight is 449 g/mol. The van der Waals surface area contributed by atoms with Crippen molar-refractivity contribution in [2.45, 2.75) is 37.1 Å². The van der Waals surface area contributed by atoms with E-state index in [4.69, 9.17) is 0 Å². The van der Waals surface area contributed by atoms with Crippen molar-refractivity contribution in [2.24, 2.45) is 5.92 Å². The van der Waals surface area contributed by atoms with Gasteiger partial charge >= 0.3 is 0 Å². The molecule has 164 valence electrons. The topological polar surface area (TPSA) is 58.2 Å². The molecule has 6 heteroatoms. The third-order valence-electron chi connectivity index (χ3n) is 6.60. The van der Waals surface area contributed by atoms with Crippen LogP contribution in [0.25, 0.3) is 0 Å². The summed E-state index contributed by atoms with van der Waals surface area (Å²) in [6, 6.07) is 17.5. The van der Waals surface area contributed by atoms with Gasteiger partial charge in [-0.25, -0.2) is 12.8 Å². The number of aryl methyl sites for hydroxylation is 2. The van der Waals surface area contributed by atoms with E-state index in [1.807, 2.05) is 44.2 Å². The Morgan fingerprint density at radius 1 is 0.969 bits per heavy atom. The lowest BCUT2D eigenvalue weighted by Crippen LogP contribution is -2.30. The lowest BCUT2D eigenvalue weighted by molar-refractivity contribution is 0.413. The van der Waals surface area contributed by atoms with E-state index in [0.29, 0.717) is 11.3 Å². The monoisotopic (exact) mass is 448 g/mol. The summed E-state index contributed by atoms with van der Waals surface area (Å²) in [5, 5.41) is 3.48. The van der Waals surface area contributed by atoms with Crippen molar-refractivity contribution in [2.75, 3.05) is 10.0 Å². The summed E-state index contributed by atoms with van der Waals surface area (Å²) in [5.41, 5.74) is 4.78. The molecule has 3 atom stereocenters. The Kier molecular flexibility index (Phi) is 5.05. The Hall–Kier alpha value is -3.12. The number of rotatable bonds is 4. The first kappa shape index (κ1) is 20.8. The highest BCUT2D eigenvalue weighted by molar-refractivity contribution is 7.92. The second-order valence-corrected chi connectivity index (χ2v) is 10.3. The molecule has 1 aliphatic heterocycles. The summed E-state index contributed by atoms with van der Waals surface area (Å²) in [7, 11) is -3.75. The van der Waals surface area contributed by atoms with Crippen molar-refractivity contribution in [3.05, 3.63) is 101 Å². The van der Waals surface area contributed by atoms with E-state index in [0.717, 1.165) is 28.8 Å². The number of fused-ring (bicyclic) bond motifs is 3. The van der Waals surface area contributed by atoms with Crippen molar-refractivity contribution in [3.63, 3.8) is 0 Å². The molecule has 2 aliphatic rings. The van der Waals surface area contributed by atoms with Gasteiger partial charge in [0.1, 0.15) is 5.82 Å². The molecule has 1 aliphatic carbocycles. The summed E-state index contributed by atoms with van der Waals surface area (Å²) in [6.45, 7) is 3.77. The average Bonchev–Trinajstić information content (AvgIpc) is 3.26. The van der Waals surface area contributed by atoms with Gasteiger partial charge in [0.05, 0.1) is 16.6 Å². The van der Waals surface area contributed by atoms with Gasteiger partial charge in [0.25, 0.3) is 10.0 Å². The maximum Gasteiger partial charge on any atom is 0.261 e. The standard InChI is InChI=1S/C26H25FN2O2S/c1-16-7-5-8-17(2)25(16)29-32(30,31)18-13-14-24-22(15-18)19-10-6-11-20(19)26(28-24)21-9-3-4-12-23(21)27/h3-10,12-15,19-20,26,28-29H,11H2,1-2H3/t19-,20+,26-/m0/s1. The third kappa shape index (κ3) is 3.48. The highest BCUT2D eigenvalue weighted by Crippen LogP contribution is 2.50. The van der Waals surface area contributed by atoms with Crippen LogP contribution in [0.2, 0.25) is 0 Å². The second-order valence-electron chi connectivity index (χ2n) is 8.62. The Balaban J connectivity index is 1.52. The zero-order valence-electron chi connectivity index (χ0n) is 18.0. The molecule has 2 N–H and O–H groups in total. The van der Waals surface area contributed by atoms with Crippen LogP contribution in [0, 0.1) is 25.6 Å².